The molecule has 25 heavy (non-hydrogen) atoms. The first-order valence-corrected chi connectivity index (χ1v) is 8.97. The highest BCUT2D eigenvalue weighted by atomic mass is 16.6. The number of ether oxygens (including phenoxy) is 2. The number of carbonyl (C=O) groups excluding carboxylic acids is 1. The van der Waals surface area contributed by atoms with Gasteiger partial charge in [0.05, 0.1) is 6.04 Å². The number of benzene rings is 1. The van der Waals surface area contributed by atoms with Gasteiger partial charge in [0.1, 0.15) is 19.0 Å². The largest absolute Gasteiger partial charge is 0.486 e. The van der Waals surface area contributed by atoms with Gasteiger partial charge in [-0.25, -0.2) is 0 Å². The van der Waals surface area contributed by atoms with E-state index in [0.717, 1.165) is 55.1 Å². The number of aromatic nitrogens is 1. The topological polar surface area (TPSA) is 64.8 Å². The SMILES string of the molecule is O=C(c1cc(C2CC2)on1)N1CCC[C@H]1c1ccc2c(c1)OCCO2. The summed E-state index contributed by atoms with van der Waals surface area (Å²) in [6.07, 6.45) is 4.19. The maximum absolute atomic E-state index is 12.9. The molecule has 6 heteroatoms. The predicted molar refractivity (Wildman–Crippen MR) is 88.9 cm³/mol. The highest BCUT2D eigenvalue weighted by Crippen LogP contribution is 2.41. The molecular formula is C19H20N2O4. The minimum atomic E-state index is -0.0481. The molecule has 3 heterocycles. The van der Waals surface area contributed by atoms with E-state index in [9.17, 15) is 4.79 Å². The summed E-state index contributed by atoms with van der Waals surface area (Å²) in [6.45, 7) is 1.88. The van der Waals surface area contributed by atoms with E-state index in [4.69, 9.17) is 14.0 Å². The number of hydrogen-bond acceptors (Lipinski definition) is 5. The van der Waals surface area contributed by atoms with Gasteiger partial charge in [-0.15, -0.1) is 0 Å². The van der Waals surface area contributed by atoms with Gasteiger partial charge in [-0.1, -0.05) is 11.2 Å². The quantitative estimate of drug-likeness (QED) is 0.858. The van der Waals surface area contributed by atoms with E-state index in [0.29, 0.717) is 24.8 Å². The minimum Gasteiger partial charge on any atom is -0.486 e. The van der Waals surface area contributed by atoms with E-state index in [1.54, 1.807) is 0 Å². The smallest absolute Gasteiger partial charge is 0.276 e. The highest BCUT2D eigenvalue weighted by Gasteiger charge is 2.34. The molecule has 0 bridgehead atoms. The van der Waals surface area contributed by atoms with Gasteiger partial charge in [0.2, 0.25) is 0 Å². The van der Waals surface area contributed by atoms with E-state index in [1.165, 1.54) is 0 Å². The number of carbonyl (C=O) groups is 1. The standard InChI is InChI=1S/C19H20N2O4/c22-19(14-11-17(25-20-14)12-3-4-12)21-7-1-2-15(21)13-5-6-16-18(10-13)24-9-8-23-16/h5-6,10-12,15H,1-4,7-9H2/t15-/m0/s1. The van der Waals surface area contributed by atoms with Crippen LogP contribution >= 0.6 is 0 Å². The summed E-state index contributed by atoms with van der Waals surface area (Å²) in [6, 6.07) is 7.83. The summed E-state index contributed by atoms with van der Waals surface area (Å²) in [7, 11) is 0. The second-order valence-corrected chi connectivity index (χ2v) is 6.95. The van der Waals surface area contributed by atoms with Crippen LogP contribution in [0, 0.1) is 0 Å². The van der Waals surface area contributed by atoms with Crippen LogP contribution in [-0.4, -0.2) is 35.7 Å². The van der Waals surface area contributed by atoms with E-state index in [-0.39, 0.29) is 11.9 Å². The van der Waals surface area contributed by atoms with Crippen LogP contribution in [0.15, 0.2) is 28.8 Å². The third-order valence-electron chi connectivity index (χ3n) is 5.19. The third kappa shape index (κ3) is 2.65. The summed E-state index contributed by atoms with van der Waals surface area (Å²) in [5, 5.41) is 4.01. The Morgan fingerprint density at radius 3 is 2.76 bits per heavy atom. The van der Waals surface area contributed by atoms with Gasteiger partial charge in [0, 0.05) is 18.5 Å². The molecule has 1 saturated carbocycles. The van der Waals surface area contributed by atoms with Crippen molar-refractivity contribution in [3.8, 4) is 11.5 Å². The van der Waals surface area contributed by atoms with Crippen LogP contribution in [0.3, 0.4) is 0 Å². The van der Waals surface area contributed by atoms with Crippen molar-refractivity contribution in [2.75, 3.05) is 19.8 Å². The first-order chi connectivity index (χ1) is 12.3. The zero-order valence-corrected chi connectivity index (χ0v) is 13.9. The van der Waals surface area contributed by atoms with Crippen molar-refractivity contribution in [1.29, 1.82) is 0 Å². The monoisotopic (exact) mass is 340 g/mol. The van der Waals surface area contributed by atoms with Crippen molar-refractivity contribution in [1.82, 2.24) is 10.1 Å². The van der Waals surface area contributed by atoms with Crippen molar-refractivity contribution < 1.29 is 18.8 Å². The van der Waals surface area contributed by atoms with Crippen LogP contribution in [0.4, 0.5) is 0 Å². The number of likely N-dealkylation sites (tertiary alicyclic amines) is 1. The van der Waals surface area contributed by atoms with Gasteiger partial charge in [0.15, 0.2) is 17.2 Å². The number of nitrogens with zero attached hydrogens (tertiary/aromatic N) is 2. The molecule has 1 amide bonds. The molecule has 3 aliphatic rings. The molecule has 1 aliphatic carbocycles. The fourth-order valence-corrected chi connectivity index (χ4v) is 3.72. The van der Waals surface area contributed by atoms with Gasteiger partial charge in [-0.05, 0) is 43.4 Å². The van der Waals surface area contributed by atoms with Gasteiger partial charge >= 0.3 is 0 Å². The highest BCUT2D eigenvalue weighted by molar-refractivity contribution is 5.92. The van der Waals surface area contributed by atoms with Crippen molar-refractivity contribution in [2.24, 2.45) is 0 Å². The molecule has 1 saturated heterocycles. The van der Waals surface area contributed by atoms with Crippen LogP contribution in [0.1, 0.15) is 59.5 Å². The van der Waals surface area contributed by atoms with E-state index < -0.39 is 0 Å². The summed E-state index contributed by atoms with van der Waals surface area (Å²) in [4.78, 5) is 14.8. The Hall–Kier alpha value is -2.50. The maximum Gasteiger partial charge on any atom is 0.276 e. The zero-order valence-electron chi connectivity index (χ0n) is 13.9. The van der Waals surface area contributed by atoms with E-state index >= 15 is 0 Å². The van der Waals surface area contributed by atoms with Crippen LogP contribution in [-0.2, 0) is 0 Å². The van der Waals surface area contributed by atoms with E-state index in [1.807, 2.05) is 29.2 Å². The Labute approximate surface area is 145 Å². The molecule has 0 unspecified atom stereocenters. The molecule has 0 N–H and O–H groups in total. The lowest BCUT2D eigenvalue weighted by molar-refractivity contribution is 0.0724. The van der Waals surface area contributed by atoms with Crippen LogP contribution in [0.5, 0.6) is 11.5 Å². The fourth-order valence-electron chi connectivity index (χ4n) is 3.72. The number of fused-ring (bicyclic) bond motifs is 1. The van der Waals surface area contributed by atoms with Gasteiger partial charge in [-0.3, -0.25) is 4.79 Å². The molecule has 2 aliphatic heterocycles. The van der Waals surface area contributed by atoms with Crippen molar-refractivity contribution >= 4 is 5.91 Å². The normalized spacial score (nSPS) is 22.2. The second-order valence-electron chi connectivity index (χ2n) is 6.95. The Kier molecular flexibility index (Phi) is 3.43. The van der Waals surface area contributed by atoms with Crippen molar-refractivity contribution in [3.05, 3.63) is 41.3 Å². The number of amides is 1. The van der Waals surface area contributed by atoms with E-state index in [2.05, 4.69) is 5.16 Å². The van der Waals surface area contributed by atoms with Crippen LogP contribution in [0.25, 0.3) is 0 Å². The number of rotatable bonds is 3. The second kappa shape index (κ2) is 5.79. The van der Waals surface area contributed by atoms with Gasteiger partial charge in [0.25, 0.3) is 5.91 Å². The average Bonchev–Trinajstić information content (AvgIpc) is 3.19. The van der Waals surface area contributed by atoms with Crippen LogP contribution < -0.4 is 9.47 Å². The predicted octanol–water partition coefficient (Wildman–Crippen LogP) is 3.30. The zero-order chi connectivity index (χ0) is 16.8. The summed E-state index contributed by atoms with van der Waals surface area (Å²) in [5.74, 6) is 2.80. The van der Waals surface area contributed by atoms with Gasteiger partial charge < -0.3 is 18.9 Å². The average molecular weight is 340 g/mol. The summed E-state index contributed by atoms with van der Waals surface area (Å²) >= 11 is 0. The summed E-state index contributed by atoms with van der Waals surface area (Å²) in [5.41, 5.74) is 1.51. The lowest BCUT2D eigenvalue weighted by atomic mass is 10.0. The minimum absolute atomic E-state index is 0.0457. The Balaban J connectivity index is 1.40. The Morgan fingerprint density at radius 1 is 1.08 bits per heavy atom. The molecule has 130 valence electrons. The van der Waals surface area contributed by atoms with Crippen molar-refractivity contribution in [3.63, 3.8) is 0 Å². The third-order valence-corrected chi connectivity index (χ3v) is 5.19. The lowest BCUT2D eigenvalue weighted by Gasteiger charge is -2.26. The molecule has 0 radical (unpaired) electrons. The van der Waals surface area contributed by atoms with Gasteiger partial charge in [-0.2, -0.15) is 0 Å². The Bertz CT molecular complexity index is 812. The first kappa shape index (κ1) is 14.8. The molecule has 0 spiro atoms. The molecule has 2 fully saturated rings. The molecule has 5 rings (SSSR count). The van der Waals surface area contributed by atoms with Crippen LogP contribution in [0.2, 0.25) is 0 Å². The fraction of sp³-hybridized carbons (Fsp3) is 0.474. The summed E-state index contributed by atoms with van der Waals surface area (Å²) < 4.78 is 16.6. The first-order valence-electron chi connectivity index (χ1n) is 8.97. The molecule has 6 nitrogen and oxygen atoms in total. The number of hydrogen-bond donors (Lipinski definition) is 0. The Morgan fingerprint density at radius 2 is 1.92 bits per heavy atom. The lowest BCUT2D eigenvalue weighted by Crippen LogP contribution is -2.30. The van der Waals surface area contributed by atoms with Crippen molar-refractivity contribution in [2.45, 2.75) is 37.6 Å². The molecule has 1 aromatic heterocycles. The molecule has 2 aromatic rings. The molecule has 1 aromatic carbocycles. The maximum atomic E-state index is 12.9. The molecule has 1 atom stereocenters. The molecular weight excluding hydrogens is 320 g/mol.